The van der Waals surface area contributed by atoms with Crippen LogP contribution in [0.25, 0.3) is 0 Å². The van der Waals surface area contributed by atoms with Crippen LogP contribution in [0.4, 0.5) is 13.2 Å². The van der Waals surface area contributed by atoms with Gasteiger partial charge in [0, 0.05) is 13.7 Å². The molecule has 1 rings (SSSR count). The van der Waals surface area contributed by atoms with Gasteiger partial charge in [0.05, 0.1) is 25.5 Å². The van der Waals surface area contributed by atoms with Crippen molar-refractivity contribution < 1.29 is 22.6 Å². The topological polar surface area (TPSA) is 57.4 Å². The number of methoxy groups -OCH3 is 1. The molecule has 0 bridgehead atoms. The second-order valence-electron chi connectivity index (χ2n) is 3.55. The van der Waals surface area contributed by atoms with Crippen molar-refractivity contribution in [2.75, 3.05) is 20.3 Å². The minimum absolute atomic E-state index is 0.0141. The maximum absolute atomic E-state index is 12.5. The number of nitrogens with two attached hydrogens (primary N) is 1. The summed E-state index contributed by atoms with van der Waals surface area (Å²) < 4.78 is 47.4. The van der Waals surface area contributed by atoms with Crippen molar-refractivity contribution in [3.63, 3.8) is 0 Å². The zero-order chi connectivity index (χ0) is 13.6. The minimum atomic E-state index is -4.46. The van der Waals surface area contributed by atoms with Crippen LogP contribution in [-0.4, -0.2) is 25.3 Å². The number of alkyl halides is 3. The van der Waals surface area contributed by atoms with E-state index in [4.69, 9.17) is 15.2 Å². The Kier molecular flexibility index (Phi) is 5.52. The maximum Gasteiger partial charge on any atom is 0.433 e. The molecule has 0 aromatic carbocycles. The first-order valence-electron chi connectivity index (χ1n) is 5.31. The van der Waals surface area contributed by atoms with Crippen LogP contribution >= 0.6 is 0 Å². The molecule has 7 heteroatoms. The molecule has 0 spiro atoms. The Labute approximate surface area is 103 Å². The standard InChI is InChI=1S/C11H15F3N2O2/c1-17-4-5-18-7-9-8(6-15)2-3-10(16-9)11(12,13)14/h2-3H,4-7,15H2,1H3. The molecule has 0 aliphatic rings. The molecule has 1 aromatic rings. The molecule has 0 fully saturated rings. The molecule has 0 radical (unpaired) electrons. The van der Waals surface area contributed by atoms with Gasteiger partial charge in [0.2, 0.25) is 0 Å². The Bertz CT molecular complexity index is 383. The van der Waals surface area contributed by atoms with Gasteiger partial charge in [-0.15, -0.1) is 0 Å². The van der Waals surface area contributed by atoms with Gasteiger partial charge in [0.15, 0.2) is 0 Å². The van der Waals surface area contributed by atoms with Crippen LogP contribution in [0, 0.1) is 0 Å². The molecule has 0 aliphatic heterocycles. The summed E-state index contributed by atoms with van der Waals surface area (Å²) in [7, 11) is 1.51. The number of nitrogens with zero attached hydrogens (tertiary/aromatic N) is 1. The SMILES string of the molecule is COCCOCc1nc(C(F)(F)F)ccc1CN. The number of hydrogen-bond donors (Lipinski definition) is 1. The number of ether oxygens (including phenoxy) is 2. The first kappa shape index (κ1) is 14.9. The summed E-state index contributed by atoms with van der Waals surface area (Å²) >= 11 is 0. The lowest BCUT2D eigenvalue weighted by Gasteiger charge is -2.11. The molecule has 102 valence electrons. The van der Waals surface area contributed by atoms with Gasteiger partial charge in [-0.2, -0.15) is 13.2 Å². The Balaban J connectivity index is 2.79. The molecule has 1 aromatic heterocycles. The number of aromatic nitrogens is 1. The van der Waals surface area contributed by atoms with Crippen molar-refractivity contribution in [1.29, 1.82) is 0 Å². The Morgan fingerprint density at radius 3 is 2.56 bits per heavy atom. The summed E-state index contributed by atoms with van der Waals surface area (Å²) in [4.78, 5) is 3.54. The first-order valence-corrected chi connectivity index (χ1v) is 5.31. The van der Waals surface area contributed by atoms with Crippen LogP contribution in [0.15, 0.2) is 12.1 Å². The van der Waals surface area contributed by atoms with Crippen LogP contribution in [-0.2, 0) is 28.8 Å². The van der Waals surface area contributed by atoms with Gasteiger partial charge >= 0.3 is 6.18 Å². The van der Waals surface area contributed by atoms with E-state index in [0.29, 0.717) is 18.8 Å². The molecule has 2 N–H and O–H groups in total. The highest BCUT2D eigenvalue weighted by Gasteiger charge is 2.32. The average Bonchev–Trinajstić information content (AvgIpc) is 2.33. The van der Waals surface area contributed by atoms with E-state index in [2.05, 4.69) is 4.98 Å². The van der Waals surface area contributed by atoms with E-state index < -0.39 is 11.9 Å². The fourth-order valence-corrected chi connectivity index (χ4v) is 1.31. The Morgan fingerprint density at radius 1 is 1.28 bits per heavy atom. The van der Waals surface area contributed by atoms with E-state index in [1.165, 1.54) is 13.2 Å². The average molecular weight is 264 g/mol. The quantitative estimate of drug-likeness (QED) is 0.795. The summed E-state index contributed by atoms with van der Waals surface area (Å²) in [6, 6.07) is 2.24. The number of rotatable bonds is 6. The highest BCUT2D eigenvalue weighted by atomic mass is 19.4. The molecule has 1 heterocycles. The molecular formula is C11H15F3N2O2. The predicted octanol–water partition coefficient (Wildman–Crippen LogP) is 1.72. The van der Waals surface area contributed by atoms with E-state index in [1.54, 1.807) is 0 Å². The zero-order valence-electron chi connectivity index (χ0n) is 9.96. The molecule has 4 nitrogen and oxygen atoms in total. The zero-order valence-corrected chi connectivity index (χ0v) is 9.96. The molecule has 18 heavy (non-hydrogen) atoms. The molecule has 0 unspecified atom stereocenters. The van der Waals surface area contributed by atoms with Gasteiger partial charge in [0.25, 0.3) is 0 Å². The normalized spacial score (nSPS) is 11.8. The predicted molar refractivity (Wildman–Crippen MR) is 58.7 cm³/mol. The lowest BCUT2D eigenvalue weighted by Crippen LogP contribution is -2.14. The highest BCUT2D eigenvalue weighted by Crippen LogP contribution is 2.28. The fraction of sp³-hybridized carbons (Fsp3) is 0.545. The summed E-state index contributed by atoms with van der Waals surface area (Å²) in [5.41, 5.74) is 5.25. The number of hydrogen-bond acceptors (Lipinski definition) is 4. The van der Waals surface area contributed by atoms with Crippen LogP contribution in [0.2, 0.25) is 0 Å². The van der Waals surface area contributed by atoms with Crippen molar-refractivity contribution in [3.05, 3.63) is 29.1 Å². The Hall–Kier alpha value is -1.18. The molecule has 0 aliphatic carbocycles. The number of halogens is 3. The lowest BCUT2D eigenvalue weighted by molar-refractivity contribution is -0.141. The smallest absolute Gasteiger partial charge is 0.382 e. The molecule has 0 saturated heterocycles. The van der Waals surface area contributed by atoms with Gasteiger partial charge in [-0.25, -0.2) is 4.98 Å². The summed E-state index contributed by atoms with van der Waals surface area (Å²) in [6.07, 6.45) is -4.46. The van der Waals surface area contributed by atoms with Crippen molar-refractivity contribution in [2.45, 2.75) is 19.3 Å². The summed E-state index contributed by atoms with van der Waals surface area (Å²) in [5.74, 6) is 0. The third-order valence-electron chi connectivity index (χ3n) is 2.25. The monoisotopic (exact) mass is 264 g/mol. The van der Waals surface area contributed by atoms with Crippen LogP contribution in [0.1, 0.15) is 17.0 Å². The highest BCUT2D eigenvalue weighted by molar-refractivity contribution is 5.23. The van der Waals surface area contributed by atoms with E-state index in [-0.39, 0.29) is 18.8 Å². The third kappa shape index (κ3) is 4.25. The molecular weight excluding hydrogens is 249 g/mol. The number of pyridine rings is 1. The van der Waals surface area contributed by atoms with Crippen molar-refractivity contribution >= 4 is 0 Å². The van der Waals surface area contributed by atoms with Crippen LogP contribution < -0.4 is 5.73 Å². The van der Waals surface area contributed by atoms with Gasteiger partial charge in [-0.1, -0.05) is 6.07 Å². The Morgan fingerprint density at radius 2 is 2.00 bits per heavy atom. The maximum atomic E-state index is 12.5. The van der Waals surface area contributed by atoms with Crippen molar-refractivity contribution in [1.82, 2.24) is 4.98 Å². The van der Waals surface area contributed by atoms with Crippen molar-refractivity contribution in [3.8, 4) is 0 Å². The summed E-state index contributed by atoms with van der Waals surface area (Å²) in [6.45, 7) is 0.767. The van der Waals surface area contributed by atoms with Gasteiger partial charge in [-0.3, -0.25) is 0 Å². The molecule has 0 amide bonds. The third-order valence-corrected chi connectivity index (χ3v) is 2.25. The first-order chi connectivity index (χ1) is 8.49. The van der Waals surface area contributed by atoms with E-state index in [9.17, 15) is 13.2 Å². The second kappa shape index (κ2) is 6.67. The van der Waals surface area contributed by atoms with Crippen molar-refractivity contribution in [2.24, 2.45) is 5.73 Å². The van der Waals surface area contributed by atoms with Gasteiger partial charge in [0.1, 0.15) is 5.69 Å². The van der Waals surface area contributed by atoms with E-state index in [1.807, 2.05) is 0 Å². The second-order valence-corrected chi connectivity index (χ2v) is 3.55. The van der Waals surface area contributed by atoms with E-state index >= 15 is 0 Å². The van der Waals surface area contributed by atoms with Crippen LogP contribution in [0.3, 0.4) is 0 Å². The molecule has 0 saturated carbocycles. The van der Waals surface area contributed by atoms with Crippen LogP contribution in [0.5, 0.6) is 0 Å². The molecule has 0 atom stereocenters. The largest absolute Gasteiger partial charge is 0.433 e. The lowest BCUT2D eigenvalue weighted by atomic mass is 10.1. The van der Waals surface area contributed by atoms with Gasteiger partial charge in [-0.05, 0) is 11.6 Å². The van der Waals surface area contributed by atoms with E-state index in [0.717, 1.165) is 6.07 Å². The summed E-state index contributed by atoms with van der Waals surface area (Å²) in [5, 5.41) is 0. The fourth-order valence-electron chi connectivity index (χ4n) is 1.31. The minimum Gasteiger partial charge on any atom is -0.382 e. The van der Waals surface area contributed by atoms with Gasteiger partial charge < -0.3 is 15.2 Å².